The Morgan fingerprint density at radius 2 is 1.19 bits per heavy atom. The van der Waals surface area contributed by atoms with Gasteiger partial charge >= 0.3 is 29.3 Å². The first-order chi connectivity index (χ1) is 25.4. The van der Waals surface area contributed by atoms with Gasteiger partial charge in [-0.1, -0.05) is 36.3 Å². The van der Waals surface area contributed by atoms with Gasteiger partial charge in [-0.25, -0.2) is 9.97 Å². The fraction of sp³-hybridized carbons (Fsp3) is 0.235. The number of aryl methyl sites for hydroxylation is 4. The molecule has 14 nitrogen and oxygen atoms in total. The molecule has 0 fully saturated rings. The van der Waals surface area contributed by atoms with Crippen LogP contribution < -0.4 is 0 Å². The molecule has 0 bridgehead atoms. The van der Waals surface area contributed by atoms with Crippen LogP contribution in [0, 0.1) is 13.8 Å². The first-order valence-corrected chi connectivity index (χ1v) is 16.7. The predicted molar refractivity (Wildman–Crippen MR) is 190 cm³/mol. The molecule has 0 amide bonds. The van der Waals surface area contributed by atoms with Crippen LogP contribution in [0.4, 0.5) is 13.2 Å². The molecule has 4 aromatic heterocycles. The minimum atomic E-state index is -4.42. The van der Waals surface area contributed by atoms with E-state index in [1.165, 1.54) is 18.6 Å². The van der Waals surface area contributed by atoms with Crippen molar-refractivity contribution in [3.8, 4) is 23.2 Å². The summed E-state index contributed by atoms with van der Waals surface area (Å²) in [6.07, 6.45) is 2.67. The topological polar surface area (TPSA) is 200 Å². The van der Waals surface area contributed by atoms with Crippen molar-refractivity contribution in [1.82, 2.24) is 19.9 Å². The Labute approximate surface area is 307 Å². The van der Waals surface area contributed by atoms with Crippen molar-refractivity contribution in [1.29, 1.82) is 0 Å². The monoisotopic (exact) mass is 772 g/mol. The molecule has 0 atom stereocenters. The number of fused-ring (bicyclic) bond motifs is 2. The van der Waals surface area contributed by atoms with Crippen molar-refractivity contribution in [3.05, 3.63) is 94.3 Å². The summed E-state index contributed by atoms with van der Waals surface area (Å²) < 4.78 is 80.8. The zero-order valence-electron chi connectivity index (χ0n) is 28.5. The lowest BCUT2D eigenvalue weighted by molar-refractivity contribution is -0.173. The Bertz CT molecular complexity index is 2270. The van der Waals surface area contributed by atoms with Crippen LogP contribution >= 0.6 is 0 Å². The van der Waals surface area contributed by atoms with E-state index in [2.05, 4.69) is 35.1 Å². The molecule has 0 aliphatic heterocycles. The Balaban J connectivity index is 0.000000252. The Morgan fingerprint density at radius 3 is 1.58 bits per heavy atom. The highest BCUT2D eigenvalue weighted by Crippen LogP contribution is 2.28. The first-order valence-electron chi connectivity index (χ1n) is 15.4. The summed E-state index contributed by atoms with van der Waals surface area (Å²) in [5.41, 5.74) is 9.63. The number of aromatic nitrogens is 4. The van der Waals surface area contributed by atoms with Gasteiger partial charge < -0.3 is 18.9 Å². The number of hydrogen-bond acceptors (Lipinski definition) is 14. The third kappa shape index (κ3) is 12.4. The maximum absolute atomic E-state index is 12.0. The second-order valence-corrected chi connectivity index (χ2v) is 11.0. The maximum atomic E-state index is 12.0. The first kappa shape index (κ1) is 41.5. The SMILES string of the molecule is CCc1cc(/C=N/O)cnc1-c1nc2cc(C)ccc2o1.CCc1cc(/C=N/OCC(F)(F)F)cnc1-c1nc2cc(C)ccc2o1.O=S=O.O=S=O. The van der Waals surface area contributed by atoms with E-state index in [-0.39, 0.29) is 0 Å². The standard InChI is InChI=1S/C18H16F3N3O2.C16H15N3O2.2O2S/c1-3-13-7-12(9-23-25-10-18(19,20)21)8-22-16(13)17-24-14-6-11(2)4-5-15(14)26-17;1-3-12-7-11(9-18-20)8-17-15(12)16-19-13-6-10(2)4-5-14(13)21-16;2*1-3-2/h4-9H,3,10H2,1-2H3;4-9,20H,3H2,1-2H3;;/b23-9+;18-9+;;. The highest BCUT2D eigenvalue weighted by molar-refractivity contribution is 7.51. The summed E-state index contributed by atoms with van der Waals surface area (Å²) in [6, 6.07) is 15.3. The molecule has 0 unspecified atom stereocenters. The van der Waals surface area contributed by atoms with Crippen LogP contribution in [0.25, 0.3) is 45.4 Å². The number of oxime groups is 2. The fourth-order valence-corrected chi connectivity index (χ4v) is 4.68. The van der Waals surface area contributed by atoms with E-state index < -0.39 is 35.9 Å². The van der Waals surface area contributed by atoms with Crippen LogP contribution in [0.3, 0.4) is 0 Å². The average Bonchev–Trinajstić information content (AvgIpc) is 3.74. The van der Waals surface area contributed by atoms with Crippen LogP contribution in [0.1, 0.15) is 47.2 Å². The van der Waals surface area contributed by atoms with Crippen molar-refractivity contribution in [3.63, 3.8) is 0 Å². The van der Waals surface area contributed by atoms with Gasteiger partial charge in [-0.2, -0.15) is 30.0 Å². The van der Waals surface area contributed by atoms with E-state index in [1.807, 2.05) is 70.2 Å². The number of oxazole rings is 2. The van der Waals surface area contributed by atoms with Gasteiger partial charge in [0.15, 0.2) is 11.2 Å². The third-order valence-corrected chi connectivity index (χ3v) is 6.94. The van der Waals surface area contributed by atoms with Gasteiger partial charge in [0.1, 0.15) is 22.4 Å². The summed E-state index contributed by atoms with van der Waals surface area (Å²) in [5, 5.41) is 15.0. The Morgan fingerprint density at radius 1 is 0.755 bits per heavy atom. The lowest BCUT2D eigenvalue weighted by atomic mass is 10.1. The molecule has 53 heavy (non-hydrogen) atoms. The summed E-state index contributed by atoms with van der Waals surface area (Å²) in [4.78, 5) is 22.0. The number of alkyl halides is 3. The smallest absolute Gasteiger partial charge is 0.425 e. The van der Waals surface area contributed by atoms with E-state index in [0.717, 1.165) is 56.5 Å². The number of rotatable bonds is 8. The molecule has 0 radical (unpaired) electrons. The number of halogens is 3. The zero-order chi connectivity index (χ0) is 39.0. The summed E-state index contributed by atoms with van der Waals surface area (Å²) in [6.45, 7) is 6.53. The van der Waals surface area contributed by atoms with Gasteiger partial charge in [-0.05, 0) is 85.3 Å². The summed E-state index contributed by atoms with van der Waals surface area (Å²) >= 11 is -1.50. The highest BCUT2D eigenvalue weighted by Gasteiger charge is 2.28. The number of benzene rings is 2. The van der Waals surface area contributed by atoms with Crippen molar-refractivity contribution in [2.24, 2.45) is 10.3 Å². The number of hydrogen-bond donors (Lipinski definition) is 1. The minimum Gasteiger partial charge on any atom is -0.435 e. The molecule has 6 aromatic rings. The van der Waals surface area contributed by atoms with Gasteiger partial charge in [-0.3, -0.25) is 9.97 Å². The zero-order valence-corrected chi connectivity index (χ0v) is 30.1. The molecule has 6 rings (SSSR count). The van der Waals surface area contributed by atoms with Crippen LogP contribution in [0.5, 0.6) is 0 Å². The van der Waals surface area contributed by atoms with E-state index in [0.29, 0.717) is 35.0 Å². The quantitative estimate of drug-likeness (QED) is 0.0954. The molecule has 4 heterocycles. The predicted octanol–water partition coefficient (Wildman–Crippen LogP) is 6.90. The van der Waals surface area contributed by atoms with Gasteiger partial charge in [0.2, 0.25) is 18.4 Å². The number of nitrogens with zero attached hydrogens (tertiary/aromatic N) is 6. The highest BCUT2D eigenvalue weighted by atomic mass is 32.1. The third-order valence-electron chi connectivity index (χ3n) is 6.94. The lowest BCUT2D eigenvalue weighted by Crippen LogP contribution is -2.14. The molecule has 1 N–H and O–H groups in total. The molecule has 2 aromatic carbocycles. The second-order valence-electron chi connectivity index (χ2n) is 10.7. The molecule has 19 heteroatoms. The lowest BCUT2D eigenvalue weighted by Gasteiger charge is -2.05. The molecule has 278 valence electrons. The summed E-state index contributed by atoms with van der Waals surface area (Å²) in [5.74, 6) is 0.916. The molecular weight excluding hydrogens is 742 g/mol. The van der Waals surface area contributed by atoms with Crippen LogP contribution in [-0.4, -0.2) is 67.2 Å². The van der Waals surface area contributed by atoms with E-state index in [9.17, 15) is 13.2 Å². The van der Waals surface area contributed by atoms with Crippen molar-refractivity contribution in [2.45, 2.75) is 46.7 Å². The van der Waals surface area contributed by atoms with Crippen LogP contribution in [0.15, 0.2) is 80.1 Å². The van der Waals surface area contributed by atoms with E-state index in [1.54, 1.807) is 12.3 Å². The summed E-state index contributed by atoms with van der Waals surface area (Å²) in [7, 11) is 0. The largest absolute Gasteiger partial charge is 0.435 e. The number of pyridine rings is 2. The Kier molecular flexibility index (Phi) is 15.8. The van der Waals surface area contributed by atoms with Crippen LogP contribution in [0.2, 0.25) is 0 Å². The molecular formula is C34H31F3N6O8S2. The maximum Gasteiger partial charge on any atom is 0.425 e. The average molecular weight is 773 g/mol. The van der Waals surface area contributed by atoms with E-state index >= 15 is 0 Å². The van der Waals surface area contributed by atoms with E-state index in [4.69, 9.17) is 30.9 Å². The van der Waals surface area contributed by atoms with Gasteiger partial charge in [0.25, 0.3) is 0 Å². The normalized spacial score (nSPS) is 11.0. The molecule has 0 aliphatic rings. The molecule has 0 spiro atoms. The van der Waals surface area contributed by atoms with Crippen LogP contribution in [-0.2, 0) is 40.8 Å². The second kappa shape index (κ2) is 20.2. The molecule has 0 saturated heterocycles. The minimum absolute atomic E-state index is 0.402. The Hall–Kier alpha value is -5.95. The van der Waals surface area contributed by atoms with Crippen molar-refractivity contribution < 1.29 is 48.9 Å². The fourth-order valence-electron chi connectivity index (χ4n) is 4.68. The van der Waals surface area contributed by atoms with Crippen molar-refractivity contribution in [2.75, 3.05) is 6.61 Å². The van der Waals surface area contributed by atoms with Gasteiger partial charge in [0, 0.05) is 23.5 Å². The van der Waals surface area contributed by atoms with Crippen molar-refractivity contribution >= 4 is 57.8 Å². The van der Waals surface area contributed by atoms with Gasteiger partial charge in [0.05, 0.1) is 12.4 Å². The molecule has 0 aliphatic carbocycles. The molecule has 0 saturated carbocycles. The van der Waals surface area contributed by atoms with Gasteiger partial charge in [-0.15, -0.1) is 0 Å².